The number of methoxy groups -OCH3 is 2. The highest BCUT2D eigenvalue weighted by Crippen LogP contribution is 2.34. The highest BCUT2D eigenvalue weighted by Gasteiger charge is 2.21. The molecule has 0 spiro atoms. The van der Waals surface area contributed by atoms with E-state index in [1.54, 1.807) is 0 Å². The SMILES string of the molecule is COc1cc(NC(=O)c2cc([N+](=O)[O-])ccc2Cl)c(C(=O)O)cc1OC. The van der Waals surface area contributed by atoms with Gasteiger partial charge in [0.1, 0.15) is 0 Å². The third-order valence-corrected chi connectivity index (χ3v) is 3.74. The zero-order valence-electron chi connectivity index (χ0n) is 13.6. The molecule has 2 aromatic carbocycles. The molecule has 2 rings (SSSR count). The van der Waals surface area contributed by atoms with E-state index in [1.165, 1.54) is 32.4 Å². The Bertz CT molecular complexity index is 898. The first-order valence-electron chi connectivity index (χ1n) is 7.03. The number of amides is 1. The molecule has 26 heavy (non-hydrogen) atoms. The fourth-order valence-electron chi connectivity index (χ4n) is 2.15. The average molecular weight is 381 g/mol. The Hall–Kier alpha value is -3.33. The third kappa shape index (κ3) is 3.83. The van der Waals surface area contributed by atoms with Gasteiger partial charge in [0.05, 0.1) is 41.0 Å². The molecule has 136 valence electrons. The quantitative estimate of drug-likeness (QED) is 0.581. The number of non-ortho nitro benzene ring substituents is 1. The summed E-state index contributed by atoms with van der Waals surface area (Å²) < 4.78 is 10.1. The lowest BCUT2D eigenvalue weighted by atomic mass is 10.1. The van der Waals surface area contributed by atoms with Crippen LogP contribution in [0, 0.1) is 10.1 Å². The van der Waals surface area contributed by atoms with E-state index in [0.29, 0.717) is 0 Å². The molecule has 0 aliphatic carbocycles. The predicted molar refractivity (Wildman–Crippen MR) is 92.6 cm³/mol. The number of nitro groups is 1. The maximum absolute atomic E-state index is 12.5. The first kappa shape index (κ1) is 19.0. The number of anilines is 1. The van der Waals surface area contributed by atoms with Gasteiger partial charge in [0.2, 0.25) is 0 Å². The smallest absolute Gasteiger partial charge is 0.337 e. The molecule has 0 atom stereocenters. The molecule has 2 aromatic rings. The number of rotatable bonds is 6. The summed E-state index contributed by atoms with van der Waals surface area (Å²) >= 11 is 5.93. The summed E-state index contributed by atoms with van der Waals surface area (Å²) in [6.45, 7) is 0. The number of nitrogens with zero attached hydrogens (tertiary/aromatic N) is 1. The van der Waals surface area contributed by atoms with Gasteiger partial charge < -0.3 is 19.9 Å². The summed E-state index contributed by atoms with van der Waals surface area (Å²) in [5.74, 6) is -1.77. The van der Waals surface area contributed by atoms with Crippen molar-refractivity contribution in [1.29, 1.82) is 0 Å². The number of carbonyl (C=O) groups is 2. The number of halogens is 1. The van der Waals surface area contributed by atoms with Gasteiger partial charge in [-0.2, -0.15) is 0 Å². The Labute approximate surface area is 152 Å². The van der Waals surface area contributed by atoms with Crippen molar-refractivity contribution in [3.05, 3.63) is 56.6 Å². The van der Waals surface area contributed by atoms with Crippen LogP contribution in [0.5, 0.6) is 11.5 Å². The summed E-state index contributed by atoms with van der Waals surface area (Å²) in [4.78, 5) is 34.1. The Kier molecular flexibility index (Phi) is 5.63. The minimum atomic E-state index is -1.31. The second-order valence-electron chi connectivity index (χ2n) is 4.93. The number of nitrogens with one attached hydrogen (secondary N) is 1. The van der Waals surface area contributed by atoms with Crippen LogP contribution in [0.3, 0.4) is 0 Å². The van der Waals surface area contributed by atoms with Gasteiger partial charge in [0.15, 0.2) is 11.5 Å². The number of aromatic carboxylic acids is 1. The van der Waals surface area contributed by atoms with Crippen LogP contribution in [0.2, 0.25) is 5.02 Å². The molecule has 0 aliphatic heterocycles. The van der Waals surface area contributed by atoms with Crippen molar-refractivity contribution >= 4 is 34.9 Å². The summed E-state index contributed by atoms with van der Waals surface area (Å²) in [5, 5.41) is 22.6. The second kappa shape index (κ2) is 7.70. The summed E-state index contributed by atoms with van der Waals surface area (Å²) in [6.07, 6.45) is 0. The molecule has 2 N–H and O–H groups in total. The van der Waals surface area contributed by atoms with Gasteiger partial charge in [-0.1, -0.05) is 11.6 Å². The summed E-state index contributed by atoms with van der Waals surface area (Å²) in [5.41, 5.74) is -0.836. The normalized spacial score (nSPS) is 10.1. The largest absolute Gasteiger partial charge is 0.493 e. The lowest BCUT2D eigenvalue weighted by Crippen LogP contribution is -2.16. The minimum absolute atomic E-state index is 0.0227. The Morgan fingerprint density at radius 2 is 1.73 bits per heavy atom. The van der Waals surface area contributed by atoms with Gasteiger partial charge in [-0.05, 0) is 6.07 Å². The molecule has 0 aromatic heterocycles. The first-order valence-corrected chi connectivity index (χ1v) is 7.41. The number of hydrogen-bond acceptors (Lipinski definition) is 6. The molecule has 0 saturated heterocycles. The van der Waals surface area contributed by atoms with Crippen LogP contribution in [-0.2, 0) is 0 Å². The molecule has 0 bridgehead atoms. The van der Waals surface area contributed by atoms with E-state index in [1.807, 2.05) is 0 Å². The van der Waals surface area contributed by atoms with Gasteiger partial charge in [0, 0.05) is 24.3 Å². The number of ether oxygens (including phenoxy) is 2. The van der Waals surface area contributed by atoms with Gasteiger partial charge in [0.25, 0.3) is 11.6 Å². The molecule has 0 heterocycles. The molecule has 9 nitrogen and oxygen atoms in total. The van der Waals surface area contributed by atoms with E-state index in [0.717, 1.165) is 12.1 Å². The molecule has 0 unspecified atom stereocenters. The van der Waals surface area contributed by atoms with Crippen LogP contribution < -0.4 is 14.8 Å². The summed E-state index contributed by atoms with van der Waals surface area (Å²) in [6, 6.07) is 5.82. The van der Waals surface area contributed by atoms with Crippen molar-refractivity contribution in [2.24, 2.45) is 0 Å². The van der Waals surface area contributed by atoms with Gasteiger partial charge in [-0.3, -0.25) is 14.9 Å². The van der Waals surface area contributed by atoms with Crippen LogP contribution in [0.4, 0.5) is 11.4 Å². The van der Waals surface area contributed by atoms with Crippen molar-refractivity contribution < 1.29 is 29.1 Å². The van der Waals surface area contributed by atoms with Crippen molar-refractivity contribution in [3.63, 3.8) is 0 Å². The highest BCUT2D eigenvalue weighted by molar-refractivity contribution is 6.34. The van der Waals surface area contributed by atoms with E-state index >= 15 is 0 Å². The van der Waals surface area contributed by atoms with Crippen molar-refractivity contribution in [2.45, 2.75) is 0 Å². The van der Waals surface area contributed by atoms with Crippen LogP contribution in [0.25, 0.3) is 0 Å². The first-order chi connectivity index (χ1) is 12.3. The lowest BCUT2D eigenvalue weighted by molar-refractivity contribution is -0.384. The standard InChI is InChI=1S/C16H13ClN2O7/c1-25-13-6-10(16(21)22)12(7-14(13)26-2)18-15(20)9-5-8(19(23)24)3-4-11(9)17/h3-7H,1-2H3,(H,18,20)(H,21,22). The van der Waals surface area contributed by atoms with Crippen molar-refractivity contribution in [3.8, 4) is 11.5 Å². The zero-order valence-corrected chi connectivity index (χ0v) is 14.4. The molecular formula is C16H13ClN2O7. The number of nitro benzene ring substituents is 1. The van der Waals surface area contributed by atoms with Crippen LogP contribution >= 0.6 is 11.6 Å². The fraction of sp³-hybridized carbons (Fsp3) is 0.125. The van der Waals surface area contributed by atoms with Crippen LogP contribution in [-0.4, -0.2) is 36.1 Å². The fourth-order valence-corrected chi connectivity index (χ4v) is 2.35. The monoisotopic (exact) mass is 380 g/mol. The Morgan fingerprint density at radius 1 is 1.12 bits per heavy atom. The predicted octanol–water partition coefficient (Wildman–Crippen LogP) is 3.22. The van der Waals surface area contributed by atoms with Crippen LogP contribution in [0.15, 0.2) is 30.3 Å². The average Bonchev–Trinajstić information content (AvgIpc) is 2.60. The van der Waals surface area contributed by atoms with Gasteiger partial charge in [-0.15, -0.1) is 0 Å². The number of carboxylic acids is 1. The second-order valence-corrected chi connectivity index (χ2v) is 5.34. The van der Waals surface area contributed by atoms with Crippen molar-refractivity contribution in [2.75, 3.05) is 19.5 Å². The van der Waals surface area contributed by atoms with E-state index in [2.05, 4.69) is 5.32 Å². The number of carboxylic acid groups (broad SMARTS) is 1. The zero-order chi connectivity index (χ0) is 19.4. The molecule has 0 fully saturated rings. The molecule has 1 amide bonds. The number of hydrogen-bond donors (Lipinski definition) is 2. The molecule has 10 heteroatoms. The van der Waals surface area contributed by atoms with E-state index in [9.17, 15) is 24.8 Å². The molecule has 0 radical (unpaired) electrons. The maximum Gasteiger partial charge on any atom is 0.337 e. The lowest BCUT2D eigenvalue weighted by Gasteiger charge is -2.14. The highest BCUT2D eigenvalue weighted by atomic mass is 35.5. The number of benzene rings is 2. The van der Waals surface area contributed by atoms with Gasteiger partial charge in [-0.25, -0.2) is 4.79 Å². The summed E-state index contributed by atoms with van der Waals surface area (Å²) in [7, 11) is 2.69. The van der Waals surface area contributed by atoms with Crippen LogP contribution in [0.1, 0.15) is 20.7 Å². The topological polar surface area (TPSA) is 128 Å². The van der Waals surface area contributed by atoms with E-state index in [-0.39, 0.29) is 39.0 Å². The van der Waals surface area contributed by atoms with Gasteiger partial charge >= 0.3 is 5.97 Å². The minimum Gasteiger partial charge on any atom is -0.493 e. The molecule has 0 saturated carbocycles. The third-order valence-electron chi connectivity index (χ3n) is 3.41. The van der Waals surface area contributed by atoms with E-state index < -0.39 is 16.8 Å². The Balaban J connectivity index is 2.47. The molecule has 0 aliphatic rings. The van der Waals surface area contributed by atoms with E-state index in [4.69, 9.17) is 21.1 Å². The molecular weight excluding hydrogens is 368 g/mol. The van der Waals surface area contributed by atoms with Crippen molar-refractivity contribution in [1.82, 2.24) is 0 Å². The number of carbonyl (C=O) groups excluding carboxylic acids is 1. The Morgan fingerprint density at radius 3 is 2.27 bits per heavy atom. The maximum atomic E-state index is 12.5.